The number of carbonyl (C=O) groups is 2. The summed E-state index contributed by atoms with van der Waals surface area (Å²) in [6.07, 6.45) is 0.0370. The van der Waals surface area contributed by atoms with Gasteiger partial charge in [-0.2, -0.15) is 8.42 Å². The molecule has 0 saturated heterocycles. The van der Waals surface area contributed by atoms with Crippen LogP contribution in [0.25, 0.3) is 0 Å². The molecule has 3 rings (SSSR count). The molecule has 0 aromatic heterocycles. The van der Waals surface area contributed by atoms with Gasteiger partial charge in [-0.1, -0.05) is 40.5 Å². The van der Waals surface area contributed by atoms with Crippen LogP contribution in [-0.2, 0) is 14.3 Å². The number of ether oxygens (including phenoxy) is 2. The highest BCUT2D eigenvalue weighted by atomic mass is 32.2. The van der Waals surface area contributed by atoms with Crippen molar-refractivity contribution < 1.29 is 31.7 Å². The number of nitrogens with one attached hydrogen (secondary N) is 1. The normalized spacial score (nSPS) is 12.6. The largest absolute Gasteiger partial charge is 0.419 e. The van der Waals surface area contributed by atoms with Crippen LogP contribution in [0.4, 0.5) is 0 Å². The number of esters is 2. The van der Waals surface area contributed by atoms with Crippen molar-refractivity contribution in [1.29, 1.82) is 0 Å². The molecule has 40 heavy (non-hydrogen) atoms. The Bertz CT molecular complexity index is 1480. The molecule has 1 atom stereocenters. The van der Waals surface area contributed by atoms with E-state index in [0.29, 0.717) is 16.7 Å². The summed E-state index contributed by atoms with van der Waals surface area (Å²) in [7, 11) is -3.83. The molecule has 1 N–H and O–H groups in total. The Morgan fingerprint density at radius 2 is 1.20 bits per heavy atom. The monoisotopic (exact) mass is 567 g/mol. The van der Waals surface area contributed by atoms with E-state index in [0.717, 1.165) is 28.5 Å². The lowest BCUT2D eigenvalue weighted by molar-refractivity contribution is 0.0681. The average molecular weight is 568 g/mol. The summed E-state index contributed by atoms with van der Waals surface area (Å²) in [4.78, 5) is 26.2. The smallest absolute Gasteiger partial charge is 0.343 e. The minimum Gasteiger partial charge on any atom is -0.419 e. The third-order valence-electron chi connectivity index (χ3n) is 5.77. The molecule has 8 nitrogen and oxygen atoms in total. The molecule has 0 saturated carbocycles. The first kappa shape index (κ1) is 31.0. The van der Waals surface area contributed by atoms with Gasteiger partial charge in [-0.25, -0.2) is 9.59 Å². The van der Waals surface area contributed by atoms with Gasteiger partial charge in [-0.05, 0) is 90.4 Å². The second-order valence-electron chi connectivity index (χ2n) is 11.2. The van der Waals surface area contributed by atoms with Crippen LogP contribution in [0.15, 0.2) is 54.6 Å². The molecule has 1 unspecified atom stereocenters. The van der Waals surface area contributed by atoms with Crippen LogP contribution in [0, 0.1) is 27.7 Å². The van der Waals surface area contributed by atoms with Crippen molar-refractivity contribution in [2.75, 3.05) is 12.8 Å². The maximum Gasteiger partial charge on any atom is 0.343 e. The SMILES string of the molecule is Cc1cc(C)cc(C(=O)Oc2ccc(C(CNC(C)(C)C)OS(C)(=O)=O)cc2OC(=O)c2cc(C)cc(C)c2)c1. The zero-order valence-corrected chi connectivity index (χ0v) is 25.1. The van der Waals surface area contributed by atoms with Gasteiger partial charge < -0.3 is 14.8 Å². The standard InChI is InChI=1S/C31H37NO7S/c1-19-11-20(2)14-24(13-19)29(33)37-26-10-9-23(28(39-40(8,35)36)18-32-31(5,6)7)17-27(26)38-30(34)25-15-21(3)12-22(4)16-25/h9-17,28,32H,18H2,1-8H3. The summed E-state index contributed by atoms with van der Waals surface area (Å²) in [6.45, 7) is 13.5. The number of carbonyl (C=O) groups excluding carboxylic acids is 2. The van der Waals surface area contributed by atoms with Gasteiger partial charge in [0.1, 0.15) is 6.10 Å². The lowest BCUT2D eigenvalue weighted by Crippen LogP contribution is -2.39. The van der Waals surface area contributed by atoms with Crippen molar-refractivity contribution in [3.63, 3.8) is 0 Å². The van der Waals surface area contributed by atoms with Gasteiger partial charge in [0.2, 0.25) is 0 Å². The topological polar surface area (TPSA) is 108 Å². The molecule has 0 heterocycles. The zero-order chi connectivity index (χ0) is 29.8. The van der Waals surface area contributed by atoms with Crippen molar-refractivity contribution in [1.82, 2.24) is 5.32 Å². The van der Waals surface area contributed by atoms with E-state index >= 15 is 0 Å². The Morgan fingerprint density at radius 1 is 0.750 bits per heavy atom. The van der Waals surface area contributed by atoms with Gasteiger partial charge >= 0.3 is 11.9 Å². The van der Waals surface area contributed by atoms with Crippen LogP contribution in [0.1, 0.15) is 75.4 Å². The fraction of sp³-hybridized carbons (Fsp3) is 0.355. The van der Waals surface area contributed by atoms with Crippen molar-refractivity contribution in [2.45, 2.75) is 60.1 Å². The van der Waals surface area contributed by atoms with Crippen LogP contribution in [0.2, 0.25) is 0 Å². The Morgan fingerprint density at radius 3 is 1.62 bits per heavy atom. The molecular weight excluding hydrogens is 530 g/mol. The van der Waals surface area contributed by atoms with Gasteiger partial charge in [0.05, 0.1) is 17.4 Å². The van der Waals surface area contributed by atoms with Crippen LogP contribution in [-0.4, -0.2) is 38.7 Å². The second kappa shape index (κ2) is 12.3. The molecule has 0 radical (unpaired) electrons. The van der Waals surface area contributed by atoms with E-state index in [1.165, 1.54) is 12.1 Å². The lowest BCUT2D eigenvalue weighted by Gasteiger charge is -2.25. The average Bonchev–Trinajstić information content (AvgIpc) is 2.80. The zero-order valence-electron chi connectivity index (χ0n) is 24.2. The molecule has 0 aliphatic rings. The molecule has 0 aliphatic heterocycles. The van der Waals surface area contributed by atoms with Crippen molar-refractivity contribution in [3.8, 4) is 11.5 Å². The second-order valence-corrected chi connectivity index (χ2v) is 12.8. The molecule has 0 bridgehead atoms. The first-order valence-electron chi connectivity index (χ1n) is 12.9. The molecule has 0 fully saturated rings. The number of hydrogen-bond acceptors (Lipinski definition) is 8. The molecular formula is C31H37NO7S. The predicted octanol–water partition coefficient (Wildman–Crippen LogP) is 5.76. The van der Waals surface area contributed by atoms with E-state index in [1.807, 2.05) is 60.6 Å². The molecule has 3 aromatic carbocycles. The van der Waals surface area contributed by atoms with E-state index in [4.69, 9.17) is 13.7 Å². The summed E-state index contributed by atoms with van der Waals surface area (Å²) in [5, 5.41) is 3.24. The van der Waals surface area contributed by atoms with Crippen LogP contribution >= 0.6 is 0 Å². The van der Waals surface area contributed by atoms with Crippen LogP contribution in [0.5, 0.6) is 11.5 Å². The minimum atomic E-state index is -3.83. The summed E-state index contributed by atoms with van der Waals surface area (Å²) in [6, 6.07) is 15.2. The highest BCUT2D eigenvalue weighted by Crippen LogP contribution is 2.34. The lowest BCUT2D eigenvalue weighted by atomic mass is 10.1. The van der Waals surface area contributed by atoms with Crippen LogP contribution < -0.4 is 14.8 Å². The Balaban J connectivity index is 2.04. The predicted molar refractivity (Wildman–Crippen MR) is 155 cm³/mol. The van der Waals surface area contributed by atoms with Crippen molar-refractivity contribution >= 4 is 22.1 Å². The molecule has 0 aliphatic carbocycles. The van der Waals surface area contributed by atoms with E-state index in [-0.39, 0.29) is 23.6 Å². The fourth-order valence-electron chi connectivity index (χ4n) is 4.21. The first-order chi connectivity index (χ1) is 18.5. The quantitative estimate of drug-likeness (QED) is 0.197. The summed E-state index contributed by atoms with van der Waals surface area (Å²) in [5.74, 6) is -1.31. The molecule has 9 heteroatoms. The minimum absolute atomic E-state index is 0.00696. The maximum absolute atomic E-state index is 13.2. The number of aryl methyl sites for hydroxylation is 4. The van der Waals surface area contributed by atoms with Crippen LogP contribution in [0.3, 0.4) is 0 Å². The molecule has 0 spiro atoms. The Hall–Kier alpha value is -3.53. The van der Waals surface area contributed by atoms with Gasteiger partial charge in [0.25, 0.3) is 10.1 Å². The van der Waals surface area contributed by atoms with Crippen molar-refractivity contribution in [2.24, 2.45) is 0 Å². The summed E-state index contributed by atoms with van der Waals surface area (Å²) < 4.78 is 40.9. The highest BCUT2D eigenvalue weighted by Gasteiger charge is 2.24. The van der Waals surface area contributed by atoms with E-state index in [9.17, 15) is 18.0 Å². The van der Waals surface area contributed by atoms with Gasteiger partial charge in [0.15, 0.2) is 11.5 Å². The first-order valence-corrected chi connectivity index (χ1v) is 14.7. The summed E-state index contributed by atoms with van der Waals surface area (Å²) in [5.41, 5.74) is 4.34. The van der Waals surface area contributed by atoms with E-state index in [2.05, 4.69) is 5.32 Å². The number of hydrogen-bond donors (Lipinski definition) is 1. The maximum atomic E-state index is 13.2. The van der Waals surface area contributed by atoms with Gasteiger partial charge in [-0.3, -0.25) is 4.18 Å². The third kappa shape index (κ3) is 9.29. The molecule has 0 amide bonds. The number of rotatable bonds is 9. The molecule has 3 aromatic rings. The molecule has 214 valence electrons. The van der Waals surface area contributed by atoms with E-state index < -0.39 is 28.2 Å². The van der Waals surface area contributed by atoms with Gasteiger partial charge in [-0.15, -0.1) is 0 Å². The highest BCUT2D eigenvalue weighted by molar-refractivity contribution is 7.86. The third-order valence-corrected chi connectivity index (χ3v) is 6.35. The number of benzene rings is 3. The summed E-state index contributed by atoms with van der Waals surface area (Å²) >= 11 is 0. The van der Waals surface area contributed by atoms with Gasteiger partial charge in [0, 0.05) is 12.1 Å². The fourth-order valence-corrected chi connectivity index (χ4v) is 4.81. The Labute approximate surface area is 236 Å². The van der Waals surface area contributed by atoms with E-state index in [1.54, 1.807) is 30.3 Å². The van der Waals surface area contributed by atoms with Crippen molar-refractivity contribution in [3.05, 3.63) is 93.5 Å². The Kier molecular flexibility index (Phi) is 9.56.